The molecule has 1 heterocycles. The molecule has 132 valence electrons. The van der Waals surface area contributed by atoms with Gasteiger partial charge in [0, 0.05) is 42.7 Å². The Labute approximate surface area is 148 Å². The van der Waals surface area contributed by atoms with Crippen molar-refractivity contribution < 1.29 is 9.59 Å². The molecule has 1 aromatic carbocycles. The highest BCUT2D eigenvalue weighted by atomic mass is 32.2. The van der Waals surface area contributed by atoms with Crippen LogP contribution < -0.4 is 10.6 Å². The predicted molar refractivity (Wildman–Crippen MR) is 99.4 cm³/mol. The smallest absolute Gasteiger partial charge is 0.317 e. The van der Waals surface area contributed by atoms with Crippen molar-refractivity contribution in [3.63, 3.8) is 0 Å². The number of urea groups is 1. The molecule has 2 rings (SSSR count). The Kier molecular flexibility index (Phi) is 7.43. The summed E-state index contributed by atoms with van der Waals surface area (Å²) in [6.07, 6.45) is 2.05. The van der Waals surface area contributed by atoms with Crippen LogP contribution in [0.3, 0.4) is 0 Å². The lowest BCUT2D eigenvalue weighted by Crippen LogP contribution is -2.49. The van der Waals surface area contributed by atoms with Crippen LogP contribution in [0.15, 0.2) is 24.3 Å². The predicted octanol–water partition coefficient (Wildman–Crippen LogP) is 2.86. The second-order valence-corrected chi connectivity index (χ2v) is 7.23. The average molecular weight is 350 g/mol. The quantitative estimate of drug-likeness (QED) is 0.776. The van der Waals surface area contributed by atoms with Crippen molar-refractivity contribution >= 4 is 23.7 Å². The van der Waals surface area contributed by atoms with E-state index in [0.717, 1.165) is 36.5 Å². The van der Waals surface area contributed by atoms with Crippen LogP contribution in [0.2, 0.25) is 0 Å². The molecule has 1 aliphatic heterocycles. The third kappa shape index (κ3) is 5.44. The van der Waals surface area contributed by atoms with Crippen LogP contribution >= 0.6 is 11.8 Å². The number of amides is 3. The molecule has 0 spiro atoms. The van der Waals surface area contributed by atoms with Gasteiger partial charge in [0.05, 0.1) is 0 Å². The third-order valence-electron chi connectivity index (χ3n) is 4.10. The Morgan fingerprint density at radius 2 is 2.00 bits per heavy atom. The summed E-state index contributed by atoms with van der Waals surface area (Å²) >= 11 is 1.89. The van der Waals surface area contributed by atoms with E-state index >= 15 is 0 Å². The molecule has 0 aliphatic carbocycles. The van der Waals surface area contributed by atoms with Gasteiger partial charge in [-0.3, -0.25) is 4.79 Å². The maximum absolute atomic E-state index is 12.2. The van der Waals surface area contributed by atoms with Crippen LogP contribution in [0.25, 0.3) is 0 Å². The number of nitrogens with one attached hydrogen (secondary N) is 2. The minimum atomic E-state index is -0.0429. The monoisotopic (exact) mass is 349 g/mol. The Morgan fingerprint density at radius 1 is 1.25 bits per heavy atom. The molecule has 0 bridgehead atoms. The van der Waals surface area contributed by atoms with E-state index < -0.39 is 0 Å². The SMILES string of the molecule is CCCCNC(=O)c1ccc(CNC(=O)N2CCSC[C@H]2C)cc1. The van der Waals surface area contributed by atoms with Crippen LogP contribution in [0.1, 0.15) is 42.6 Å². The van der Waals surface area contributed by atoms with Crippen LogP contribution in [-0.4, -0.2) is 47.5 Å². The van der Waals surface area contributed by atoms with E-state index in [1.807, 2.05) is 40.9 Å². The fourth-order valence-electron chi connectivity index (χ4n) is 2.56. The largest absolute Gasteiger partial charge is 0.352 e. The summed E-state index contributed by atoms with van der Waals surface area (Å²) in [6.45, 7) is 6.16. The molecule has 3 amide bonds. The van der Waals surface area contributed by atoms with Crippen molar-refractivity contribution in [2.45, 2.75) is 39.3 Å². The number of unbranched alkanes of at least 4 members (excludes halogenated alkanes) is 1. The maximum Gasteiger partial charge on any atom is 0.317 e. The van der Waals surface area contributed by atoms with E-state index in [4.69, 9.17) is 0 Å². The van der Waals surface area contributed by atoms with Crippen molar-refractivity contribution in [2.24, 2.45) is 0 Å². The summed E-state index contributed by atoms with van der Waals surface area (Å²) in [5, 5.41) is 5.87. The number of nitrogens with zero attached hydrogens (tertiary/aromatic N) is 1. The number of rotatable bonds is 6. The molecule has 1 aromatic rings. The van der Waals surface area contributed by atoms with Crippen molar-refractivity contribution in [3.05, 3.63) is 35.4 Å². The Balaban J connectivity index is 1.81. The first-order valence-corrected chi connectivity index (χ1v) is 9.76. The molecular weight excluding hydrogens is 322 g/mol. The second-order valence-electron chi connectivity index (χ2n) is 6.08. The number of hydrogen-bond acceptors (Lipinski definition) is 3. The molecule has 6 heteroatoms. The molecule has 24 heavy (non-hydrogen) atoms. The molecule has 1 saturated heterocycles. The Bertz CT molecular complexity index is 548. The molecule has 0 unspecified atom stereocenters. The summed E-state index contributed by atoms with van der Waals surface area (Å²) in [5.74, 6) is 1.95. The van der Waals surface area contributed by atoms with Gasteiger partial charge in [-0.1, -0.05) is 25.5 Å². The van der Waals surface area contributed by atoms with Gasteiger partial charge in [0.2, 0.25) is 0 Å². The summed E-state index contributed by atoms with van der Waals surface area (Å²) in [7, 11) is 0. The summed E-state index contributed by atoms with van der Waals surface area (Å²) in [5.41, 5.74) is 1.65. The normalized spacial score (nSPS) is 17.4. The summed E-state index contributed by atoms with van der Waals surface area (Å²) < 4.78 is 0. The van der Waals surface area contributed by atoms with Crippen molar-refractivity contribution in [3.8, 4) is 0 Å². The molecule has 1 aliphatic rings. The molecule has 1 fully saturated rings. The molecule has 5 nitrogen and oxygen atoms in total. The second kappa shape index (κ2) is 9.57. The number of hydrogen-bond donors (Lipinski definition) is 2. The van der Waals surface area contributed by atoms with Gasteiger partial charge in [0.1, 0.15) is 0 Å². The van der Waals surface area contributed by atoms with E-state index in [1.54, 1.807) is 0 Å². The Morgan fingerprint density at radius 3 is 2.67 bits per heavy atom. The summed E-state index contributed by atoms with van der Waals surface area (Å²) in [4.78, 5) is 26.1. The zero-order chi connectivity index (χ0) is 17.4. The third-order valence-corrected chi connectivity index (χ3v) is 5.29. The van der Waals surface area contributed by atoms with Crippen molar-refractivity contribution in [1.82, 2.24) is 15.5 Å². The van der Waals surface area contributed by atoms with Gasteiger partial charge in [-0.25, -0.2) is 4.79 Å². The highest BCUT2D eigenvalue weighted by molar-refractivity contribution is 7.99. The fraction of sp³-hybridized carbons (Fsp3) is 0.556. The van der Waals surface area contributed by atoms with Crippen LogP contribution in [0.4, 0.5) is 4.79 Å². The van der Waals surface area contributed by atoms with E-state index in [9.17, 15) is 9.59 Å². The van der Waals surface area contributed by atoms with Gasteiger partial charge in [0.15, 0.2) is 0 Å². The van der Waals surface area contributed by atoms with Gasteiger partial charge < -0.3 is 15.5 Å². The first kappa shape index (κ1) is 18.6. The van der Waals surface area contributed by atoms with E-state index in [2.05, 4.69) is 24.5 Å². The van der Waals surface area contributed by atoms with Gasteiger partial charge in [-0.15, -0.1) is 0 Å². The van der Waals surface area contributed by atoms with Gasteiger partial charge in [-0.2, -0.15) is 11.8 Å². The van der Waals surface area contributed by atoms with E-state index in [0.29, 0.717) is 18.7 Å². The molecule has 2 N–H and O–H groups in total. The Hall–Kier alpha value is -1.69. The molecule has 0 radical (unpaired) electrons. The lowest BCUT2D eigenvalue weighted by Gasteiger charge is -2.33. The minimum absolute atomic E-state index is 0.0100. The lowest BCUT2D eigenvalue weighted by molar-refractivity contribution is 0.0953. The van der Waals surface area contributed by atoms with Crippen LogP contribution in [-0.2, 0) is 6.54 Å². The summed E-state index contributed by atoms with van der Waals surface area (Å²) in [6, 6.07) is 7.67. The molecule has 0 saturated carbocycles. The van der Waals surface area contributed by atoms with Crippen LogP contribution in [0.5, 0.6) is 0 Å². The molecule has 1 atom stereocenters. The number of carbonyl (C=O) groups excluding carboxylic acids is 2. The molecular formula is C18H27N3O2S. The highest BCUT2D eigenvalue weighted by Crippen LogP contribution is 2.16. The zero-order valence-corrected chi connectivity index (χ0v) is 15.3. The fourth-order valence-corrected chi connectivity index (χ4v) is 3.58. The topological polar surface area (TPSA) is 61.4 Å². The number of carbonyl (C=O) groups is 2. The average Bonchev–Trinajstić information content (AvgIpc) is 2.60. The standard InChI is InChI=1S/C18H27N3O2S/c1-3-4-9-19-17(22)16-7-5-15(6-8-16)12-20-18(23)21-10-11-24-13-14(21)2/h5-8,14H,3-4,9-13H2,1-2H3,(H,19,22)(H,20,23)/t14-/m1/s1. The zero-order valence-electron chi connectivity index (χ0n) is 14.5. The van der Waals surface area contributed by atoms with Gasteiger partial charge >= 0.3 is 6.03 Å². The van der Waals surface area contributed by atoms with Gasteiger partial charge in [0.25, 0.3) is 5.91 Å². The molecule has 0 aromatic heterocycles. The van der Waals surface area contributed by atoms with Crippen molar-refractivity contribution in [2.75, 3.05) is 24.6 Å². The van der Waals surface area contributed by atoms with Crippen LogP contribution in [0, 0.1) is 0 Å². The number of thioether (sulfide) groups is 1. The van der Waals surface area contributed by atoms with E-state index in [-0.39, 0.29) is 18.0 Å². The highest BCUT2D eigenvalue weighted by Gasteiger charge is 2.23. The first-order chi connectivity index (χ1) is 11.6. The minimum Gasteiger partial charge on any atom is -0.352 e. The maximum atomic E-state index is 12.2. The number of benzene rings is 1. The lowest BCUT2D eigenvalue weighted by atomic mass is 10.1. The van der Waals surface area contributed by atoms with Crippen molar-refractivity contribution in [1.29, 1.82) is 0 Å². The van der Waals surface area contributed by atoms with Gasteiger partial charge in [-0.05, 0) is 31.0 Å². The van der Waals surface area contributed by atoms with E-state index in [1.165, 1.54) is 0 Å². The first-order valence-electron chi connectivity index (χ1n) is 8.61.